The highest BCUT2D eigenvalue weighted by atomic mass is 16.5. The van der Waals surface area contributed by atoms with Gasteiger partial charge in [0.05, 0.1) is 18.6 Å². The summed E-state index contributed by atoms with van der Waals surface area (Å²) in [6.07, 6.45) is 1.22. The molecule has 1 saturated heterocycles. The van der Waals surface area contributed by atoms with Gasteiger partial charge in [-0.1, -0.05) is 12.8 Å². The zero-order chi connectivity index (χ0) is 13.3. The van der Waals surface area contributed by atoms with Crippen LogP contribution in [0.5, 0.6) is 0 Å². The van der Waals surface area contributed by atoms with Gasteiger partial charge in [-0.25, -0.2) is 0 Å². The van der Waals surface area contributed by atoms with Crippen LogP contribution in [0.4, 0.5) is 0 Å². The third-order valence-electron chi connectivity index (χ3n) is 3.48. The molecule has 6 nitrogen and oxygen atoms in total. The number of carbonyl (C=O) groups is 3. The first-order valence-corrected chi connectivity index (χ1v) is 6.22. The number of amides is 2. The Labute approximate surface area is 105 Å². The van der Waals surface area contributed by atoms with Crippen LogP contribution in [0.25, 0.3) is 0 Å². The third kappa shape index (κ3) is 2.38. The van der Waals surface area contributed by atoms with Crippen molar-refractivity contribution in [1.82, 2.24) is 4.90 Å². The first-order chi connectivity index (χ1) is 8.50. The van der Waals surface area contributed by atoms with E-state index in [4.69, 9.17) is 4.74 Å². The molecule has 1 saturated carbocycles. The summed E-state index contributed by atoms with van der Waals surface area (Å²) in [6.45, 7) is 1.20. The molecule has 2 fully saturated rings. The van der Waals surface area contributed by atoms with Crippen LogP contribution in [-0.4, -0.2) is 46.0 Å². The van der Waals surface area contributed by atoms with Crippen LogP contribution >= 0.6 is 0 Å². The van der Waals surface area contributed by atoms with Crippen molar-refractivity contribution in [1.29, 1.82) is 0 Å². The second-order valence-corrected chi connectivity index (χ2v) is 4.82. The van der Waals surface area contributed by atoms with Crippen molar-refractivity contribution in [3.05, 3.63) is 0 Å². The molecule has 0 spiro atoms. The Balaban J connectivity index is 2.10. The molecule has 2 rings (SSSR count). The normalized spacial score (nSPS) is 32.8. The predicted octanol–water partition coefficient (Wildman–Crippen LogP) is -0.0195. The molecule has 2 amide bonds. The summed E-state index contributed by atoms with van der Waals surface area (Å²) >= 11 is 0. The lowest BCUT2D eigenvalue weighted by atomic mass is 9.91. The average Bonchev–Trinajstić information content (AvgIpc) is 2.55. The van der Waals surface area contributed by atoms with Gasteiger partial charge in [0.15, 0.2) is 6.10 Å². The number of hydrogen-bond donors (Lipinski definition) is 1. The van der Waals surface area contributed by atoms with Crippen molar-refractivity contribution in [3.63, 3.8) is 0 Å². The summed E-state index contributed by atoms with van der Waals surface area (Å²) in [6, 6.07) is -0.459. The predicted molar refractivity (Wildman–Crippen MR) is 60.3 cm³/mol. The number of esters is 1. The lowest BCUT2D eigenvalue weighted by Crippen LogP contribution is -2.49. The smallest absolute Gasteiger partial charge is 0.303 e. The van der Waals surface area contributed by atoms with Gasteiger partial charge in [-0.05, 0) is 12.8 Å². The quantitative estimate of drug-likeness (QED) is 0.554. The van der Waals surface area contributed by atoms with Crippen LogP contribution in [0.15, 0.2) is 0 Å². The summed E-state index contributed by atoms with van der Waals surface area (Å²) < 4.78 is 4.82. The van der Waals surface area contributed by atoms with E-state index in [2.05, 4.69) is 0 Å². The Bertz CT molecular complexity index is 381. The Morgan fingerprint density at radius 1 is 1.33 bits per heavy atom. The Morgan fingerprint density at radius 2 is 2.00 bits per heavy atom. The highest BCUT2D eigenvalue weighted by Crippen LogP contribution is 2.28. The number of rotatable bonds is 2. The van der Waals surface area contributed by atoms with Crippen molar-refractivity contribution in [2.75, 3.05) is 0 Å². The standard InChI is InChI=1S/C12H17NO5/c1-7(14)18-10-6-11(16)13(12(10)17)8-4-2-3-5-9(8)15/h8-10,15H,2-6H2,1H3/t8-,9+,10+/m0/s1. The molecule has 0 unspecified atom stereocenters. The van der Waals surface area contributed by atoms with Crippen molar-refractivity contribution in [3.8, 4) is 0 Å². The van der Waals surface area contributed by atoms with Crippen molar-refractivity contribution in [2.45, 2.75) is 57.3 Å². The van der Waals surface area contributed by atoms with Crippen LogP contribution in [0.1, 0.15) is 39.0 Å². The van der Waals surface area contributed by atoms with Crippen molar-refractivity contribution in [2.24, 2.45) is 0 Å². The molecule has 1 aliphatic heterocycles. The van der Waals surface area contributed by atoms with Gasteiger partial charge in [0.25, 0.3) is 5.91 Å². The van der Waals surface area contributed by atoms with E-state index in [1.165, 1.54) is 6.92 Å². The number of aliphatic hydroxyl groups excluding tert-OH is 1. The highest BCUT2D eigenvalue weighted by molar-refractivity contribution is 6.06. The lowest BCUT2D eigenvalue weighted by molar-refractivity contribution is -0.157. The van der Waals surface area contributed by atoms with E-state index in [0.29, 0.717) is 12.8 Å². The average molecular weight is 255 g/mol. The van der Waals surface area contributed by atoms with E-state index >= 15 is 0 Å². The fraction of sp³-hybridized carbons (Fsp3) is 0.750. The van der Waals surface area contributed by atoms with Gasteiger partial charge in [-0.2, -0.15) is 0 Å². The first-order valence-electron chi connectivity index (χ1n) is 6.22. The summed E-state index contributed by atoms with van der Waals surface area (Å²) in [5.74, 6) is -1.44. The minimum absolute atomic E-state index is 0.109. The minimum Gasteiger partial charge on any atom is -0.452 e. The van der Waals surface area contributed by atoms with Gasteiger partial charge in [0.1, 0.15) is 0 Å². The van der Waals surface area contributed by atoms with Crippen molar-refractivity contribution >= 4 is 17.8 Å². The topological polar surface area (TPSA) is 83.9 Å². The second-order valence-electron chi connectivity index (χ2n) is 4.82. The number of hydrogen-bond acceptors (Lipinski definition) is 5. The fourth-order valence-electron chi connectivity index (χ4n) is 2.66. The molecule has 2 aliphatic rings. The Hall–Kier alpha value is -1.43. The molecule has 1 heterocycles. The summed E-state index contributed by atoms with van der Waals surface area (Å²) in [4.78, 5) is 35.8. The monoisotopic (exact) mass is 255 g/mol. The molecule has 0 bridgehead atoms. The minimum atomic E-state index is -1.01. The van der Waals surface area contributed by atoms with Crippen LogP contribution < -0.4 is 0 Å². The molecular weight excluding hydrogens is 238 g/mol. The van der Waals surface area contributed by atoms with E-state index in [9.17, 15) is 19.5 Å². The maximum Gasteiger partial charge on any atom is 0.303 e. The van der Waals surface area contributed by atoms with E-state index in [0.717, 1.165) is 17.7 Å². The molecule has 1 aliphatic carbocycles. The van der Waals surface area contributed by atoms with Crippen LogP contribution in [0.2, 0.25) is 0 Å². The maximum absolute atomic E-state index is 12.0. The van der Waals surface area contributed by atoms with E-state index in [1.54, 1.807) is 0 Å². The van der Waals surface area contributed by atoms with Crippen LogP contribution in [0.3, 0.4) is 0 Å². The number of ether oxygens (including phenoxy) is 1. The maximum atomic E-state index is 12.0. The van der Waals surface area contributed by atoms with Gasteiger partial charge in [-0.15, -0.1) is 0 Å². The Kier molecular flexibility index (Phi) is 3.65. The zero-order valence-electron chi connectivity index (χ0n) is 10.3. The zero-order valence-corrected chi connectivity index (χ0v) is 10.3. The van der Waals surface area contributed by atoms with E-state index in [1.807, 2.05) is 0 Å². The van der Waals surface area contributed by atoms with Gasteiger partial charge in [-0.3, -0.25) is 19.3 Å². The summed E-state index contributed by atoms with van der Waals surface area (Å²) in [7, 11) is 0. The lowest BCUT2D eigenvalue weighted by Gasteiger charge is -2.33. The molecule has 0 radical (unpaired) electrons. The molecular formula is C12H17NO5. The fourth-order valence-corrected chi connectivity index (χ4v) is 2.66. The highest BCUT2D eigenvalue weighted by Gasteiger charge is 2.46. The molecule has 1 N–H and O–H groups in total. The SMILES string of the molecule is CC(=O)O[C@@H]1CC(=O)N([C@H]2CCCC[C@H]2O)C1=O. The Morgan fingerprint density at radius 3 is 2.61 bits per heavy atom. The third-order valence-corrected chi connectivity index (χ3v) is 3.48. The molecule has 3 atom stereocenters. The number of imide groups is 1. The molecule has 6 heteroatoms. The molecule has 0 aromatic rings. The second kappa shape index (κ2) is 5.06. The molecule has 0 aromatic carbocycles. The van der Waals surface area contributed by atoms with Crippen LogP contribution in [-0.2, 0) is 19.1 Å². The van der Waals surface area contributed by atoms with Gasteiger partial charge in [0, 0.05) is 6.92 Å². The first kappa shape index (κ1) is 13.0. The van der Waals surface area contributed by atoms with Gasteiger partial charge < -0.3 is 9.84 Å². The van der Waals surface area contributed by atoms with E-state index < -0.39 is 30.1 Å². The summed E-state index contributed by atoms with van der Waals surface area (Å²) in [5, 5.41) is 9.88. The van der Waals surface area contributed by atoms with Gasteiger partial charge >= 0.3 is 5.97 Å². The van der Waals surface area contributed by atoms with Gasteiger partial charge in [0.2, 0.25) is 5.91 Å². The number of nitrogens with zero attached hydrogens (tertiary/aromatic N) is 1. The van der Waals surface area contributed by atoms with E-state index in [-0.39, 0.29) is 12.3 Å². The molecule has 100 valence electrons. The number of aliphatic hydroxyl groups is 1. The van der Waals surface area contributed by atoms with Crippen molar-refractivity contribution < 1.29 is 24.2 Å². The van der Waals surface area contributed by atoms with Crippen LogP contribution in [0, 0.1) is 0 Å². The summed E-state index contributed by atoms with van der Waals surface area (Å²) in [5.41, 5.74) is 0. The molecule has 18 heavy (non-hydrogen) atoms. The number of carbonyl (C=O) groups excluding carboxylic acids is 3. The molecule has 0 aromatic heterocycles. The largest absolute Gasteiger partial charge is 0.452 e. The number of likely N-dealkylation sites (tertiary alicyclic amines) is 1.